The SMILES string of the molecule is COc1ccc([C@H]2CN(Cc3ccccc3)[C@@H]3CCN(C(=O)c4c(C)noc4C)C[C@H]23)cc1. The second-order valence-corrected chi connectivity index (χ2v) is 9.26. The lowest BCUT2D eigenvalue weighted by atomic mass is 9.81. The van der Waals surface area contributed by atoms with E-state index in [1.165, 1.54) is 11.1 Å². The Morgan fingerprint density at radius 1 is 1.09 bits per heavy atom. The van der Waals surface area contributed by atoms with Crippen molar-refractivity contribution in [3.05, 3.63) is 82.7 Å². The average molecular weight is 446 g/mol. The highest BCUT2D eigenvalue weighted by molar-refractivity contribution is 5.96. The molecule has 0 unspecified atom stereocenters. The molecule has 2 aliphatic rings. The van der Waals surface area contributed by atoms with Crippen molar-refractivity contribution in [2.75, 3.05) is 26.7 Å². The van der Waals surface area contributed by atoms with Gasteiger partial charge in [-0.05, 0) is 43.5 Å². The number of fused-ring (bicyclic) bond motifs is 1. The number of carbonyl (C=O) groups excluding carboxylic acids is 1. The van der Waals surface area contributed by atoms with E-state index in [4.69, 9.17) is 9.26 Å². The summed E-state index contributed by atoms with van der Waals surface area (Å²) in [5, 5.41) is 3.99. The van der Waals surface area contributed by atoms with Crippen LogP contribution in [-0.2, 0) is 6.54 Å². The number of ether oxygens (including phenoxy) is 1. The Morgan fingerprint density at radius 3 is 2.52 bits per heavy atom. The molecular weight excluding hydrogens is 414 g/mol. The summed E-state index contributed by atoms with van der Waals surface area (Å²) in [7, 11) is 1.70. The minimum absolute atomic E-state index is 0.0414. The lowest BCUT2D eigenvalue weighted by Gasteiger charge is -2.39. The van der Waals surface area contributed by atoms with Gasteiger partial charge in [0, 0.05) is 44.1 Å². The zero-order valence-corrected chi connectivity index (χ0v) is 19.5. The molecule has 2 aromatic carbocycles. The van der Waals surface area contributed by atoms with E-state index in [-0.39, 0.29) is 5.91 Å². The normalized spacial score (nSPS) is 22.9. The molecule has 0 aliphatic carbocycles. The molecule has 0 radical (unpaired) electrons. The number of carbonyl (C=O) groups is 1. The monoisotopic (exact) mass is 445 g/mol. The Bertz CT molecular complexity index is 1090. The Morgan fingerprint density at radius 2 is 1.85 bits per heavy atom. The molecule has 33 heavy (non-hydrogen) atoms. The third kappa shape index (κ3) is 4.15. The molecule has 0 bridgehead atoms. The fraction of sp³-hybridized carbons (Fsp3) is 0.407. The van der Waals surface area contributed by atoms with Gasteiger partial charge in [-0.1, -0.05) is 47.6 Å². The Kier molecular flexibility index (Phi) is 5.94. The standard InChI is InChI=1S/C27H31N3O3/c1-18-26(19(2)33-28-18)27(31)29-14-13-25-24(17-29)23(21-9-11-22(32-3)12-10-21)16-30(25)15-20-7-5-4-6-8-20/h4-12,23-25H,13-17H2,1-3H3/t23-,24-,25-/m1/s1. The van der Waals surface area contributed by atoms with Crippen molar-refractivity contribution in [2.24, 2.45) is 5.92 Å². The van der Waals surface area contributed by atoms with Crippen LogP contribution in [0.5, 0.6) is 5.75 Å². The maximum absolute atomic E-state index is 13.4. The Hall–Kier alpha value is -3.12. The van der Waals surface area contributed by atoms with Crippen molar-refractivity contribution in [1.29, 1.82) is 0 Å². The summed E-state index contributed by atoms with van der Waals surface area (Å²) in [5.41, 5.74) is 3.94. The van der Waals surface area contributed by atoms with Crippen LogP contribution < -0.4 is 4.74 Å². The third-order valence-corrected chi connectivity index (χ3v) is 7.34. The number of aryl methyl sites for hydroxylation is 2. The maximum atomic E-state index is 13.4. The van der Waals surface area contributed by atoms with Crippen molar-refractivity contribution in [3.8, 4) is 5.75 Å². The summed E-state index contributed by atoms with van der Waals surface area (Å²) in [6.07, 6.45) is 0.971. The number of hydrogen-bond acceptors (Lipinski definition) is 5. The van der Waals surface area contributed by atoms with Gasteiger partial charge in [0.25, 0.3) is 5.91 Å². The molecular formula is C27H31N3O3. The van der Waals surface area contributed by atoms with Crippen molar-refractivity contribution in [1.82, 2.24) is 15.0 Å². The molecule has 1 amide bonds. The van der Waals surface area contributed by atoms with Crippen molar-refractivity contribution in [2.45, 2.75) is 38.8 Å². The molecule has 0 N–H and O–H groups in total. The highest BCUT2D eigenvalue weighted by Crippen LogP contribution is 2.42. The van der Waals surface area contributed by atoms with E-state index in [2.05, 4.69) is 52.5 Å². The lowest BCUT2D eigenvalue weighted by Crippen LogP contribution is -2.48. The topological polar surface area (TPSA) is 58.8 Å². The maximum Gasteiger partial charge on any atom is 0.259 e. The van der Waals surface area contributed by atoms with Crippen LogP contribution in [0.4, 0.5) is 0 Å². The summed E-state index contributed by atoms with van der Waals surface area (Å²) < 4.78 is 10.6. The fourth-order valence-electron chi connectivity index (χ4n) is 5.68. The van der Waals surface area contributed by atoms with E-state index in [1.807, 2.05) is 30.9 Å². The van der Waals surface area contributed by atoms with E-state index >= 15 is 0 Å². The van der Waals surface area contributed by atoms with Gasteiger partial charge in [-0.15, -0.1) is 0 Å². The predicted octanol–water partition coefficient (Wildman–Crippen LogP) is 4.43. The van der Waals surface area contributed by atoms with Crippen LogP contribution in [0.2, 0.25) is 0 Å². The van der Waals surface area contributed by atoms with Gasteiger partial charge in [-0.2, -0.15) is 0 Å². The number of rotatable bonds is 5. The van der Waals surface area contributed by atoms with E-state index in [0.29, 0.717) is 34.9 Å². The van der Waals surface area contributed by atoms with Crippen LogP contribution in [0.1, 0.15) is 45.3 Å². The summed E-state index contributed by atoms with van der Waals surface area (Å²) in [4.78, 5) is 18.0. The number of benzene rings is 2. The molecule has 3 aromatic rings. The van der Waals surface area contributed by atoms with Gasteiger partial charge in [0.1, 0.15) is 17.1 Å². The number of hydrogen-bond donors (Lipinski definition) is 0. The van der Waals surface area contributed by atoms with Gasteiger partial charge in [-0.3, -0.25) is 9.69 Å². The third-order valence-electron chi connectivity index (χ3n) is 7.34. The molecule has 2 saturated heterocycles. The summed E-state index contributed by atoms with van der Waals surface area (Å²) in [6, 6.07) is 19.6. The Labute approximate surface area is 195 Å². The van der Waals surface area contributed by atoms with Gasteiger partial charge in [0.15, 0.2) is 0 Å². The van der Waals surface area contributed by atoms with E-state index in [9.17, 15) is 4.79 Å². The summed E-state index contributed by atoms with van der Waals surface area (Å²) in [6.45, 7) is 7.09. The molecule has 2 aliphatic heterocycles. The molecule has 1 aromatic heterocycles. The van der Waals surface area contributed by atoms with Crippen LogP contribution in [0, 0.1) is 19.8 Å². The first-order valence-electron chi connectivity index (χ1n) is 11.7. The van der Waals surface area contributed by atoms with Crippen LogP contribution in [0.25, 0.3) is 0 Å². The smallest absolute Gasteiger partial charge is 0.259 e. The highest BCUT2D eigenvalue weighted by atomic mass is 16.5. The van der Waals surface area contributed by atoms with Crippen LogP contribution in [-0.4, -0.2) is 53.6 Å². The number of nitrogens with zero attached hydrogens (tertiary/aromatic N) is 3. The number of methoxy groups -OCH3 is 1. The second kappa shape index (κ2) is 9.02. The lowest BCUT2D eigenvalue weighted by molar-refractivity contribution is 0.0581. The van der Waals surface area contributed by atoms with Crippen molar-refractivity contribution in [3.63, 3.8) is 0 Å². The first-order chi connectivity index (χ1) is 16.0. The highest BCUT2D eigenvalue weighted by Gasteiger charge is 2.46. The molecule has 0 saturated carbocycles. The molecule has 3 heterocycles. The van der Waals surface area contributed by atoms with Crippen molar-refractivity contribution >= 4 is 5.91 Å². The molecule has 172 valence electrons. The van der Waals surface area contributed by atoms with Crippen molar-refractivity contribution < 1.29 is 14.1 Å². The number of likely N-dealkylation sites (tertiary alicyclic amines) is 2. The predicted molar refractivity (Wildman–Crippen MR) is 126 cm³/mol. The van der Waals surface area contributed by atoms with Crippen LogP contribution >= 0.6 is 0 Å². The van der Waals surface area contributed by atoms with E-state index < -0.39 is 0 Å². The van der Waals surface area contributed by atoms with Gasteiger partial charge in [-0.25, -0.2) is 0 Å². The molecule has 6 heteroatoms. The molecule has 3 atom stereocenters. The minimum atomic E-state index is 0.0414. The van der Waals surface area contributed by atoms with Crippen LogP contribution in [0.15, 0.2) is 59.1 Å². The molecule has 0 spiro atoms. The number of aromatic nitrogens is 1. The Balaban J connectivity index is 1.42. The first-order valence-corrected chi connectivity index (χ1v) is 11.7. The average Bonchev–Trinajstić information content (AvgIpc) is 3.38. The zero-order chi connectivity index (χ0) is 22.9. The van der Waals surface area contributed by atoms with Crippen LogP contribution in [0.3, 0.4) is 0 Å². The van der Waals surface area contributed by atoms with Gasteiger partial charge >= 0.3 is 0 Å². The van der Waals surface area contributed by atoms with Gasteiger partial charge in [0.05, 0.1) is 12.8 Å². The van der Waals surface area contributed by atoms with E-state index in [1.54, 1.807) is 7.11 Å². The largest absolute Gasteiger partial charge is 0.497 e. The zero-order valence-electron chi connectivity index (χ0n) is 19.5. The molecule has 5 rings (SSSR count). The van der Waals surface area contributed by atoms with E-state index in [0.717, 1.165) is 38.3 Å². The first kappa shape index (κ1) is 21.7. The second-order valence-electron chi connectivity index (χ2n) is 9.26. The summed E-state index contributed by atoms with van der Waals surface area (Å²) >= 11 is 0. The number of piperidine rings is 1. The van der Waals surface area contributed by atoms with Gasteiger partial charge < -0.3 is 14.2 Å². The number of amides is 1. The molecule has 2 fully saturated rings. The minimum Gasteiger partial charge on any atom is -0.497 e. The fourth-order valence-corrected chi connectivity index (χ4v) is 5.68. The quantitative estimate of drug-likeness (QED) is 0.582. The summed E-state index contributed by atoms with van der Waals surface area (Å²) in [5.74, 6) is 2.25. The molecule has 6 nitrogen and oxygen atoms in total. The van der Waals surface area contributed by atoms with Gasteiger partial charge in [0.2, 0.25) is 0 Å².